The van der Waals surface area contributed by atoms with Crippen molar-refractivity contribution < 1.29 is 19.4 Å². The molecule has 8 heteroatoms. The van der Waals surface area contributed by atoms with Crippen LogP contribution in [0.3, 0.4) is 0 Å². The second-order valence-electron chi connectivity index (χ2n) is 7.36. The zero-order chi connectivity index (χ0) is 19.0. The van der Waals surface area contributed by atoms with Crippen molar-refractivity contribution in [2.75, 3.05) is 0 Å². The average Bonchev–Trinajstić information content (AvgIpc) is 2.46. The van der Waals surface area contributed by atoms with Crippen LogP contribution in [-0.2, 0) is 9.59 Å². The van der Waals surface area contributed by atoms with E-state index in [1.165, 1.54) is 41.5 Å². The van der Waals surface area contributed by atoms with Crippen molar-refractivity contribution >= 4 is 11.6 Å². The second-order valence-corrected chi connectivity index (χ2v) is 7.36. The van der Waals surface area contributed by atoms with Crippen molar-refractivity contribution in [3.05, 3.63) is 42.5 Å². The fourth-order valence-corrected chi connectivity index (χ4v) is 2.44. The Hall–Kier alpha value is -2.38. The second kappa shape index (κ2) is 6.26. The fourth-order valence-electron chi connectivity index (χ4n) is 2.44. The molecule has 0 unspecified atom stereocenters. The van der Waals surface area contributed by atoms with Gasteiger partial charge in [0.05, 0.1) is 0 Å². The standard InChI is InChI=1S/C16H22N2O6/c1-9-10(2)14(20)12(8-16(5,6)18(23)24)11(13(9)19)7-15(3,4)17(21)22/h7-8H2,1-6H3. The third-order valence-corrected chi connectivity index (χ3v) is 4.36. The number of carbonyl (C=O) groups is 2. The molecule has 0 aliphatic heterocycles. The Balaban J connectivity index is 3.50. The molecule has 0 heterocycles. The number of Topliss-reactive ketones (excluding diaryl/α,β-unsaturated/α-hetero) is 2. The summed E-state index contributed by atoms with van der Waals surface area (Å²) in [4.78, 5) is 46.5. The van der Waals surface area contributed by atoms with Gasteiger partial charge in [-0.3, -0.25) is 29.8 Å². The van der Waals surface area contributed by atoms with Crippen LogP contribution < -0.4 is 0 Å². The van der Waals surface area contributed by atoms with E-state index in [2.05, 4.69) is 0 Å². The Kier molecular flexibility index (Phi) is 5.13. The summed E-state index contributed by atoms with van der Waals surface area (Å²) in [5.74, 6) is -0.896. The molecular weight excluding hydrogens is 316 g/mol. The molecule has 0 atom stereocenters. The smallest absolute Gasteiger partial charge is 0.220 e. The van der Waals surface area contributed by atoms with Gasteiger partial charge in [0, 0.05) is 72.7 Å². The number of hydrogen-bond donors (Lipinski definition) is 0. The zero-order valence-electron chi connectivity index (χ0n) is 14.8. The first-order valence-corrected chi connectivity index (χ1v) is 7.50. The molecule has 0 saturated carbocycles. The SMILES string of the molecule is CC1=C(C)C(=O)C(CC(C)(C)[N+](=O)[O-])=C(CC(C)(C)[N+](=O)[O-])C1=O. The van der Waals surface area contributed by atoms with Gasteiger partial charge in [-0.15, -0.1) is 0 Å². The van der Waals surface area contributed by atoms with Crippen LogP contribution in [0.2, 0.25) is 0 Å². The lowest BCUT2D eigenvalue weighted by Gasteiger charge is -2.26. The van der Waals surface area contributed by atoms with Gasteiger partial charge >= 0.3 is 0 Å². The molecule has 1 rings (SSSR count). The van der Waals surface area contributed by atoms with Crippen molar-refractivity contribution in [1.82, 2.24) is 0 Å². The molecule has 24 heavy (non-hydrogen) atoms. The first kappa shape index (κ1) is 19.7. The van der Waals surface area contributed by atoms with Crippen molar-refractivity contribution in [2.24, 2.45) is 0 Å². The van der Waals surface area contributed by atoms with Crippen LogP contribution in [0.5, 0.6) is 0 Å². The highest BCUT2D eigenvalue weighted by molar-refractivity contribution is 6.24. The number of carbonyl (C=O) groups excluding carboxylic acids is 2. The molecule has 8 nitrogen and oxygen atoms in total. The summed E-state index contributed by atoms with van der Waals surface area (Å²) in [5.41, 5.74) is -2.42. The van der Waals surface area contributed by atoms with Crippen molar-refractivity contribution in [3.63, 3.8) is 0 Å². The van der Waals surface area contributed by atoms with Gasteiger partial charge in [0.25, 0.3) is 0 Å². The molecule has 132 valence electrons. The van der Waals surface area contributed by atoms with E-state index < -0.39 is 32.5 Å². The zero-order valence-corrected chi connectivity index (χ0v) is 14.8. The molecule has 0 bridgehead atoms. The summed E-state index contributed by atoms with van der Waals surface area (Å²) in [7, 11) is 0. The third-order valence-electron chi connectivity index (χ3n) is 4.36. The third kappa shape index (κ3) is 3.58. The van der Waals surface area contributed by atoms with E-state index in [1.54, 1.807) is 0 Å². The summed E-state index contributed by atoms with van der Waals surface area (Å²) in [6.45, 7) is 8.40. The molecule has 0 N–H and O–H groups in total. The predicted molar refractivity (Wildman–Crippen MR) is 86.8 cm³/mol. The molecule has 0 spiro atoms. The molecule has 1 aliphatic rings. The lowest BCUT2D eigenvalue weighted by Crippen LogP contribution is -2.37. The summed E-state index contributed by atoms with van der Waals surface area (Å²) in [6.07, 6.45) is -0.503. The Morgan fingerprint density at radius 3 is 1.21 bits per heavy atom. The van der Waals surface area contributed by atoms with Gasteiger partial charge in [-0.2, -0.15) is 0 Å². The maximum absolute atomic E-state index is 12.6. The molecule has 0 radical (unpaired) electrons. The Morgan fingerprint density at radius 1 is 0.750 bits per heavy atom. The normalized spacial score (nSPS) is 16.8. The lowest BCUT2D eigenvalue weighted by atomic mass is 9.76. The van der Waals surface area contributed by atoms with Gasteiger partial charge in [0.1, 0.15) is 0 Å². The molecule has 0 amide bonds. The van der Waals surface area contributed by atoms with Crippen molar-refractivity contribution in [3.8, 4) is 0 Å². The van der Waals surface area contributed by atoms with Gasteiger partial charge < -0.3 is 0 Å². The summed E-state index contributed by atoms with van der Waals surface area (Å²) >= 11 is 0. The quantitative estimate of drug-likeness (QED) is 0.417. The topological polar surface area (TPSA) is 120 Å². The molecular formula is C16H22N2O6. The maximum Gasteiger partial charge on any atom is 0.220 e. The molecule has 0 aromatic carbocycles. The van der Waals surface area contributed by atoms with E-state index in [0.29, 0.717) is 0 Å². The highest BCUT2D eigenvalue weighted by Gasteiger charge is 2.42. The fraction of sp³-hybridized carbons (Fsp3) is 0.625. The van der Waals surface area contributed by atoms with Crippen LogP contribution in [0.15, 0.2) is 22.3 Å². The first-order chi connectivity index (χ1) is 10.7. The summed E-state index contributed by atoms with van der Waals surface area (Å²) in [5, 5.41) is 22.4. The predicted octanol–water partition coefficient (Wildman–Crippen LogP) is 2.66. The van der Waals surface area contributed by atoms with Gasteiger partial charge in [-0.05, 0) is 13.8 Å². The van der Waals surface area contributed by atoms with E-state index in [9.17, 15) is 29.8 Å². The van der Waals surface area contributed by atoms with Gasteiger partial charge in [-0.1, -0.05) is 0 Å². The number of hydrogen-bond acceptors (Lipinski definition) is 6. The van der Waals surface area contributed by atoms with Crippen LogP contribution in [0.25, 0.3) is 0 Å². The number of allylic oxidation sites excluding steroid dienone is 2. The minimum absolute atomic E-state index is 0.0136. The van der Waals surface area contributed by atoms with E-state index in [-0.39, 0.29) is 35.1 Å². The Bertz CT molecular complexity index is 639. The number of nitro groups is 2. The van der Waals surface area contributed by atoms with Gasteiger partial charge in [0.15, 0.2) is 11.6 Å². The van der Waals surface area contributed by atoms with E-state index in [4.69, 9.17) is 0 Å². The summed E-state index contributed by atoms with van der Waals surface area (Å²) in [6, 6.07) is 0. The highest BCUT2D eigenvalue weighted by Crippen LogP contribution is 2.35. The van der Waals surface area contributed by atoms with Crippen LogP contribution in [0, 0.1) is 20.2 Å². The Morgan fingerprint density at radius 2 is 1.00 bits per heavy atom. The van der Waals surface area contributed by atoms with Crippen molar-refractivity contribution in [1.29, 1.82) is 0 Å². The largest absolute Gasteiger partial charge is 0.289 e. The summed E-state index contributed by atoms with van der Waals surface area (Å²) < 4.78 is 0. The van der Waals surface area contributed by atoms with Gasteiger partial charge in [-0.25, -0.2) is 0 Å². The number of nitrogens with zero attached hydrogens (tertiary/aromatic N) is 2. The maximum atomic E-state index is 12.6. The van der Waals surface area contributed by atoms with Crippen LogP contribution >= 0.6 is 0 Å². The average molecular weight is 338 g/mol. The van der Waals surface area contributed by atoms with Crippen LogP contribution in [-0.4, -0.2) is 32.5 Å². The van der Waals surface area contributed by atoms with E-state index >= 15 is 0 Å². The van der Waals surface area contributed by atoms with E-state index in [0.717, 1.165) is 0 Å². The first-order valence-electron chi connectivity index (χ1n) is 7.50. The Labute approximate surface area is 139 Å². The molecule has 1 aliphatic carbocycles. The van der Waals surface area contributed by atoms with E-state index in [1.807, 2.05) is 0 Å². The highest BCUT2D eigenvalue weighted by atomic mass is 16.6. The lowest BCUT2D eigenvalue weighted by molar-refractivity contribution is -0.560. The van der Waals surface area contributed by atoms with Gasteiger partial charge in [0.2, 0.25) is 11.1 Å². The van der Waals surface area contributed by atoms with Crippen molar-refractivity contribution in [2.45, 2.75) is 65.5 Å². The number of ketones is 2. The molecule has 0 fully saturated rings. The minimum Gasteiger partial charge on any atom is -0.289 e. The molecule has 0 saturated heterocycles. The monoisotopic (exact) mass is 338 g/mol. The van der Waals surface area contributed by atoms with Crippen LogP contribution in [0.4, 0.5) is 0 Å². The molecule has 0 aromatic heterocycles. The number of rotatable bonds is 6. The molecule has 0 aromatic rings. The minimum atomic E-state index is -1.46. The van der Waals surface area contributed by atoms with Crippen LogP contribution in [0.1, 0.15) is 54.4 Å².